The number of hydrogen-bond donors (Lipinski definition) is 0. The summed E-state index contributed by atoms with van der Waals surface area (Å²) >= 11 is 13.6. The zero-order valence-electron chi connectivity index (χ0n) is 22.1. The van der Waals surface area contributed by atoms with Crippen LogP contribution in [0.15, 0.2) is 96.7 Å². The Morgan fingerprint density at radius 1 is 1.07 bits per heavy atom. The number of alkyl halides is 3. The lowest BCUT2D eigenvalue weighted by Crippen LogP contribution is -2.41. The lowest BCUT2D eigenvalue weighted by Gasteiger charge is -2.26. The van der Waals surface area contributed by atoms with Crippen LogP contribution in [-0.4, -0.2) is 23.3 Å². The van der Waals surface area contributed by atoms with Crippen molar-refractivity contribution in [2.45, 2.75) is 25.7 Å². The molecule has 0 radical (unpaired) electrons. The second-order valence-corrected chi connectivity index (χ2v) is 12.5. The molecule has 0 aliphatic carbocycles. The van der Waals surface area contributed by atoms with Crippen molar-refractivity contribution < 1.29 is 27.4 Å². The zero-order chi connectivity index (χ0) is 30.9. The number of benzene rings is 3. The molecule has 13 heteroatoms. The third-order valence-corrected chi connectivity index (χ3v) is 8.60. The molecule has 0 spiro atoms. The Balaban J connectivity index is 1.68. The van der Waals surface area contributed by atoms with Gasteiger partial charge in [0.15, 0.2) is 10.5 Å². The van der Waals surface area contributed by atoms with E-state index in [2.05, 4.69) is 36.9 Å². The molecule has 43 heavy (non-hydrogen) atoms. The number of carbonyl (C=O) groups is 1. The Labute approximate surface area is 269 Å². The van der Waals surface area contributed by atoms with Crippen molar-refractivity contribution in [2.24, 2.45) is 4.99 Å². The third kappa shape index (κ3) is 6.82. The van der Waals surface area contributed by atoms with Crippen molar-refractivity contribution >= 4 is 66.8 Å². The van der Waals surface area contributed by atoms with Crippen LogP contribution in [0.3, 0.4) is 0 Å². The lowest BCUT2D eigenvalue weighted by molar-refractivity contribution is -0.140. The monoisotopic (exact) mass is 754 g/mol. The normalized spacial score (nSPS) is 15.2. The number of nitrogens with zero attached hydrogens (tertiary/aromatic N) is 2. The van der Waals surface area contributed by atoms with Gasteiger partial charge in [-0.1, -0.05) is 79.1 Å². The summed E-state index contributed by atoms with van der Waals surface area (Å²) in [6.45, 7) is 1.55. The zero-order valence-corrected chi connectivity index (χ0v) is 26.9. The van der Waals surface area contributed by atoms with Gasteiger partial charge in [0.25, 0.3) is 5.56 Å². The van der Waals surface area contributed by atoms with E-state index in [4.69, 9.17) is 21.1 Å². The molecule has 1 atom stereocenters. The molecular formula is C30H20Br2ClF3N2O4S. The topological polar surface area (TPSA) is 69.9 Å². The molecule has 2 heterocycles. The minimum atomic E-state index is -5.00. The van der Waals surface area contributed by atoms with Crippen molar-refractivity contribution in [1.29, 1.82) is 0 Å². The van der Waals surface area contributed by atoms with E-state index in [1.807, 2.05) is 24.3 Å². The Bertz CT molecular complexity index is 1900. The second-order valence-electron chi connectivity index (χ2n) is 9.21. The van der Waals surface area contributed by atoms with Crippen molar-refractivity contribution in [1.82, 2.24) is 4.57 Å². The van der Waals surface area contributed by atoms with Crippen LogP contribution < -0.4 is 19.6 Å². The molecule has 6 nitrogen and oxygen atoms in total. The maximum absolute atomic E-state index is 14.3. The molecule has 1 aromatic heterocycles. The Morgan fingerprint density at radius 2 is 1.74 bits per heavy atom. The van der Waals surface area contributed by atoms with E-state index in [0.717, 1.165) is 25.9 Å². The molecule has 5 rings (SSSR count). The van der Waals surface area contributed by atoms with Crippen LogP contribution >= 0.6 is 54.8 Å². The summed E-state index contributed by atoms with van der Waals surface area (Å²) in [6, 6.07) is 17.2. The molecule has 0 fully saturated rings. The minimum Gasteiger partial charge on any atom is -0.488 e. The summed E-state index contributed by atoms with van der Waals surface area (Å²) in [6.07, 6.45) is -3.47. The maximum atomic E-state index is 14.3. The number of rotatable bonds is 7. The highest BCUT2D eigenvalue weighted by atomic mass is 79.9. The van der Waals surface area contributed by atoms with E-state index in [1.54, 1.807) is 18.2 Å². The molecule has 0 saturated heterocycles. The van der Waals surface area contributed by atoms with Crippen LogP contribution in [0.5, 0.6) is 5.75 Å². The average molecular weight is 757 g/mol. The smallest absolute Gasteiger partial charge is 0.434 e. The highest BCUT2D eigenvalue weighted by Crippen LogP contribution is 2.38. The van der Waals surface area contributed by atoms with E-state index < -0.39 is 35.0 Å². The largest absolute Gasteiger partial charge is 0.488 e. The number of fused-ring (bicyclic) bond motifs is 1. The molecule has 0 unspecified atom stereocenters. The van der Waals surface area contributed by atoms with Crippen LogP contribution in [0.1, 0.15) is 29.7 Å². The fourth-order valence-corrected chi connectivity index (χ4v) is 6.21. The number of aromatic nitrogens is 1. The number of thiazole rings is 1. The first-order valence-electron chi connectivity index (χ1n) is 12.7. The van der Waals surface area contributed by atoms with Gasteiger partial charge in [0.05, 0.1) is 22.8 Å². The van der Waals surface area contributed by atoms with Gasteiger partial charge in [-0.05, 0) is 66.6 Å². The first-order valence-corrected chi connectivity index (χ1v) is 15.5. The molecule has 0 N–H and O–H groups in total. The van der Waals surface area contributed by atoms with Gasteiger partial charge in [0.1, 0.15) is 12.4 Å². The van der Waals surface area contributed by atoms with Gasteiger partial charge in [-0.3, -0.25) is 9.36 Å². The first kappa shape index (κ1) is 31.2. The number of esters is 1. The second kappa shape index (κ2) is 12.8. The summed E-state index contributed by atoms with van der Waals surface area (Å²) in [5, 5.41) is 0.333. The summed E-state index contributed by atoms with van der Waals surface area (Å²) in [5.74, 6) is -0.766. The van der Waals surface area contributed by atoms with Crippen molar-refractivity contribution in [3.63, 3.8) is 0 Å². The molecular weight excluding hydrogens is 737 g/mol. The summed E-state index contributed by atoms with van der Waals surface area (Å²) in [5.41, 5.74) is -1.18. The van der Waals surface area contributed by atoms with Gasteiger partial charge < -0.3 is 9.47 Å². The predicted molar refractivity (Wildman–Crippen MR) is 165 cm³/mol. The van der Waals surface area contributed by atoms with E-state index >= 15 is 0 Å². The number of allylic oxidation sites excluding steroid dienone is 1. The Morgan fingerprint density at radius 3 is 2.40 bits per heavy atom. The van der Waals surface area contributed by atoms with Gasteiger partial charge in [-0.25, -0.2) is 9.79 Å². The molecule has 1 aliphatic rings. The van der Waals surface area contributed by atoms with Gasteiger partial charge in [0.2, 0.25) is 0 Å². The fraction of sp³-hybridized carbons (Fsp3) is 0.167. The van der Waals surface area contributed by atoms with E-state index in [9.17, 15) is 22.8 Å². The SMILES string of the molecule is CCOC(=O)C1=C(C(F)(F)F)N=c2s/c(=C\c3cc(Br)ccc3OCc3ccc(Br)cc3)c(=O)n2[C@@H]1c1ccc(Cl)cc1. The van der Waals surface area contributed by atoms with Crippen LogP contribution in [0, 0.1) is 0 Å². The molecule has 3 aromatic carbocycles. The Hall–Kier alpha value is -3.19. The van der Waals surface area contributed by atoms with Crippen LogP contribution in [0.25, 0.3) is 6.08 Å². The minimum absolute atomic E-state index is 0.0935. The lowest BCUT2D eigenvalue weighted by atomic mass is 9.95. The van der Waals surface area contributed by atoms with E-state index in [0.29, 0.717) is 20.8 Å². The standard InChI is InChI=1S/C30H20Br2ClF3N2O4S/c1-2-41-28(40)24-25(17-5-10-21(33)11-6-17)38-27(39)23(43-29(38)37-26(24)30(34,35)36)14-18-13-20(32)9-12-22(18)42-15-16-3-7-19(31)8-4-16/h3-14,25H,2,15H2,1H3/b23-14-/t25-/m1/s1. The van der Waals surface area contributed by atoms with Gasteiger partial charge >= 0.3 is 12.1 Å². The van der Waals surface area contributed by atoms with E-state index in [-0.39, 0.29) is 28.1 Å². The van der Waals surface area contributed by atoms with Crippen molar-refractivity contribution in [3.05, 3.63) is 128 Å². The van der Waals surface area contributed by atoms with E-state index in [1.165, 1.54) is 37.3 Å². The highest BCUT2D eigenvalue weighted by Gasteiger charge is 2.45. The summed E-state index contributed by atoms with van der Waals surface area (Å²) < 4.78 is 56.9. The van der Waals surface area contributed by atoms with Crippen LogP contribution in [0.2, 0.25) is 5.02 Å². The van der Waals surface area contributed by atoms with Gasteiger partial charge in [-0.15, -0.1) is 0 Å². The number of carbonyl (C=O) groups excluding carboxylic acids is 1. The molecule has 0 bridgehead atoms. The van der Waals surface area contributed by atoms with Gasteiger partial charge in [0, 0.05) is 19.5 Å². The number of halogens is 6. The van der Waals surface area contributed by atoms with Crippen LogP contribution in [0.4, 0.5) is 13.2 Å². The van der Waals surface area contributed by atoms with Crippen molar-refractivity contribution in [2.75, 3.05) is 6.61 Å². The Kier molecular flexibility index (Phi) is 9.31. The van der Waals surface area contributed by atoms with Crippen LogP contribution in [-0.2, 0) is 16.1 Å². The average Bonchev–Trinajstić information content (AvgIpc) is 3.27. The summed E-state index contributed by atoms with van der Waals surface area (Å²) in [7, 11) is 0. The van der Waals surface area contributed by atoms with Gasteiger partial charge in [-0.2, -0.15) is 13.2 Å². The first-order chi connectivity index (χ1) is 20.5. The maximum Gasteiger partial charge on any atom is 0.434 e. The fourth-order valence-electron chi connectivity index (χ4n) is 4.45. The highest BCUT2D eigenvalue weighted by molar-refractivity contribution is 9.10. The predicted octanol–water partition coefficient (Wildman–Crippen LogP) is 7.10. The molecule has 0 amide bonds. The number of ether oxygens (including phenoxy) is 2. The third-order valence-electron chi connectivity index (χ3n) is 6.35. The quantitative estimate of drug-likeness (QED) is 0.189. The molecule has 0 saturated carbocycles. The molecule has 1 aliphatic heterocycles. The summed E-state index contributed by atoms with van der Waals surface area (Å²) in [4.78, 5) is 30.5. The molecule has 222 valence electrons. The molecule has 4 aromatic rings. The number of hydrogen-bond acceptors (Lipinski definition) is 6. The van der Waals surface area contributed by atoms with Crippen molar-refractivity contribution in [3.8, 4) is 5.75 Å².